The predicted molar refractivity (Wildman–Crippen MR) is 77.5 cm³/mol. The maximum absolute atomic E-state index is 12.7. The molecule has 2 atom stereocenters. The fourth-order valence-corrected chi connectivity index (χ4v) is 3.61. The van der Waals surface area contributed by atoms with Gasteiger partial charge in [-0.25, -0.2) is 0 Å². The standard InChI is InChI=1S/C16H20N2O3/c19-15(18-8-6-16(11-18)5-7-17-10-16)14-9-20-12-3-1-2-4-13(12)21-14/h1-4,14,17H,5-11H2. The second-order valence-electron chi connectivity index (χ2n) is 6.30. The number of nitrogens with one attached hydrogen (secondary N) is 1. The molecule has 0 bridgehead atoms. The summed E-state index contributed by atoms with van der Waals surface area (Å²) >= 11 is 0. The Kier molecular flexibility index (Phi) is 3.03. The van der Waals surface area contributed by atoms with Gasteiger partial charge in [-0.05, 0) is 31.5 Å². The molecule has 0 saturated carbocycles. The van der Waals surface area contributed by atoms with Crippen molar-refractivity contribution < 1.29 is 14.3 Å². The molecule has 3 aliphatic heterocycles. The van der Waals surface area contributed by atoms with Crippen LogP contribution in [-0.2, 0) is 4.79 Å². The van der Waals surface area contributed by atoms with Gasteiger partial charge in [0.15, 0.2) is 11.5 Å². The monoisotopic (exact) mass is 288 g/mol. The number of carbonyl (C=O) groups is 1. The molecule has 2 unspecified atom stereocenters. The minimum Gasteiger partial charge on any atom is -0.485 e. The van der Waals surface area contributed by atoms with Crippen LogP contribution >= 0.6 is 0 Å². The molecule has 0 radical (unpaired) electrons. The first-order valence-corrected chi connectivity index (χ1v) is 7.64. The Morgan fingerprint density at radius 2 is 2.14 bits per heavy atom. The second kappa shape index (κ2) is 4.91. The summed E-state index contributed by atoms with van der Waals surface area (Å²) in [6, 6.07) is 7.51. The number of likely N-dealkylation sites (tertiary alicyclic amines) is 1. The zero-order chi connectivity index (χ0) is 14.3. The number of benzene rings is 1. The Balaban J connectivity index is 1.45. The van der Waals surface area contributed by atoms with Crippen molar-refractivity contribution in [1.82, 2.24) is 10.2 Å². The smallest absolute Gasteiger partial charge is 0.267 e. The van der Waals surface area contributed by atoms with Gasteiger partial charge in [-0.3, -0.25) is 4.79 Å². The molecule has 2 fully saturated rings. The lowest BCUT2D eigenvalue weighted by Gasteiger charge is -2.29. The molecule has 3 heterocycles. The number of carbonyl (C=O) groups excluding carboxylic acids is 1. The normalized spacial score (nSPS) is 30.9. The van der Waals surface area contributed by atoms with E-state index in [1.54, 1.807) is 0 Å². The van der Waals surface area contributed by atoms with Gasteiger partial charge in [0.05, 0.1) is 0 Å². The Morgan fingerprint density at radius 3 is 2.95 bits per heavy atom. The first kappa shape index (κ1) is 13.0. The highest BCUT2D eigenvalue weighted by atomic mass is 16.6. The van der Waals surface area contributed by atoms with Crippen LogP contribution in [0.2, 0.25) is 0 Å². The number of amides is 1. The molecule has 1 aromatic rings. The molecule has 0 aliphatic carbocycles. The Labute approximate surface area is 124 Å². The molecule has 0 aromatic heterocycles. The van der Waals surface area contributed by atoms with E-state index in [0.29, 0.717) is 17.8 Å². The van der Waals surface area contributed by atoms with Crippen molar-refractivity contribution in [1.29, 1.82) is 0 Å². The fraction of sp³-hybridized carbons (Fsp3) is 0.562. The summed E-state index contributed by atoms with van der Waals surface area (Å²) in [7, 11) is 0. The van der Waals surface area contributed by atoms with Crippen LogP contribution in [0, 0.1) is 5.41 Å². The van der Waals surface area contributed by atoms with Crippen molar-refractivity contribution in [3.8, 4) is 11.5 Å². The molecule has 1 N–H and O–H groups in total. The quantitative estimate of drug-likeness (QED) is 0.839. The highest BCUT2D eigenvalue weighted by molar-refractivity contribution is 5.82. The SMILES string of the molecule is O=C(C1COc2ccccc2O1)N1CCC2(CCNC2)C1. The van der Waals surface area contributed by atoms with E-state index in [-0.39, 0.29) is 5.91 Å². The van der Waals surface area contributed by atoms with Crippen LogP contribution in [0.3, 0.4) is 0 Å². The zero-order valence-corrected chi connectivity index (χ0v) is 12.0. The molecule has 2 saturated heterocycles. The largest absolute Gasteiger partial charge is 0.485 e. The van der Waals surface area contributed by atoms with Crippen LogP contribution in [0.1, 0.15) is 12.8 Å². The van der Waals surface area contributed by atoms with Crippen molar-refractivity contribution in [3.63, 3.8) is 0 Å². The minimum absolute atomic E-state index is 0.0632. The molecular formula is C16H20N2O3. The number of hydrogen-bond acceptors (Lipinski definition) is 4. The summed E-state index contributed by atoms with van der Waals surface area (Å²) in [5.41, 5.74) is 0.295. The first-order valence-electron chi connectivity index (χ1n) is 7.64. The maximum Gasteiger partial charge on any atom is 0.267 e. The number of rotatable bonds is 1. The highest BCUT2D eigenvalue weighted by Crippen LogP contribution is 2.37. The van der Waals surface area contributed by atoms with E-state index in [4.69, 9.17) is 9.47 Å². The number of hydrogen-bond donors (Lipinski definition) is 1. The van der Waals surface area contributed by atoms with Gasteiger partial charge in [0.1, 0.15) is 6.61 Å². The van der Waals surface area contributed by atoms with Crippen molar-refractivity contribution in [2.45, 2.75) is 18.9 Å². The fourth-order valence-electron chi connectivity index (χ4n) is 3.61. The van der Waals surface area contributed by atoms with Gasteiger partial charge in [-0.15, -0.1) is 0 Å². The van der Waals surface area contributed by atoms with E-state index < -0.39 is 6.10 Å². The number of nitrogens with zero attached hydrogens (tertiary/aromatic N) is 1. The summed E-state index contributed by atoms with van der Waals surface area (Å²) in [4.78, 5) is 14.6. The summed E-state index contributed by atoms with van der Waals surface area (Å²) in [6.45, 7) is 4.08. The van der Waals surface area contributed by atoms with Gasteiger partial charge < -0.3 is 19.7 Å². The summed E-state index contributed by atoms with van der Waals surface area (Å²) in [6.07, 6.45) is 1.75. The maximum atomic E-state index is 12.7. The molecule has 5 heteroatoms. The third-order valence-electron chi connectivity index (χ3n) is 4.87. The molecule has 1 aromatic carbocycles. The molecule has 1 amide bonds. The molecule has 4 rings (SSSR count). The van der Waals surface area contributed by atoms with Crippen molar-refractivity contribution in [2.75, 3.05) is 32.8 Å². The van der Waals surface area contributed by atoms with E-state index in [2.05, 4.69) is 5.32 Å². The molecule has 3 aliphatic rings. The van der Waals surface area contributed by atoms with Gasteiger partial charge in [-0.2, -0.15) is 0 Å². The average molecular weight is 288 g/mol. The van der Waals surface area contributed by atoms with Gasteiger partial charge in [0, 0.05) is 25.0 Å². The molecule has 5 nitrogen and oxygen atoms in total. The zero-order valence-electron chi connectivity index (χ0n) is 12.0. The topological polar surface area (TPSA) is 50.8 Å². The summed E-state index contributed by atoms with van der Waals surface area (Å²) < 4.78 is 11.5. The highest BCUT2D eigenvalue weighted by Gasteiger charge is 2.44. The lowest BCUT2D eigenvalue weighted by Crippen LogP contribution is -2.46. The van der Waals surface area contributed by atoms with Crippen molar-refractivity contribution >= 4 is 5.91 Å². The lowest BCUT2D eigenvalue weighted by atomic mass is 9.86. The number of fused-ring (bicyclic) bond motifs is 1. The van der Waals surface area contributed by atoms with Crippen LogP contribution in [-0.4, -0.2) is 49.7 Å². The van der Waals surface area contributed by atoms with E-state index in [0.717, 1.165) is 38.3 Å². The minimum atomic E-state index is -0.510. The third-order valence-corrected chi connectivity index (χ3v) is 4.87. The van der Waals surface area contributed by atoms with Gasteiger partial charge in [-0.1, -0.05) is 12.1 Å². The summed E-state index contributed by atoms with van der Waals surface area (Å²) in [5.74, 6) is 1.45. The molecular weight excluding hydrogens is 268 g/mol. The molecule has 21 heavy (non-hydrogen) atoms. The Hall–Kier alpha value is -1.75. The van der Waals surface area contributed by atoms with E-state index >= 15 is 0 Å². The molecule has 112 valence electrons. The molecule has 1 spiro atoms. The van der Waals surface area contributed by atoms with E-state index in [1.165, 1.54) is 6.42 Å². The lowest BCUT2D eigenvalue weighted by molar-refractivity contribution is -0.140. The average Bonchev–Trinajstić information content (AvgIpc) is 3.17. The van der Waals surface area contributed by atoms with Crippen LogP contribution in [0.25, 0.3) is 0 Å². The van der Waals surface area contributed by atoms with Gasteiger partial charge in [0.25, 0.3) is 5.91 Å². The number of para-hydroxylation sites is 2. The number of ether oxygens (including phenoxy) is 2. The van der Waals surface area contributed by atoms with Gasteiger partial charge >= 0.3 is 0 Å². The van der Waals surface area contributed by atoms with Crippen LogP contribution < -0.4 is 14.8 Å². The second-order valence-corrected chi connectivity index (χ2v) is 6.30. The Bertz CT molecular complexity index is 554. The van der Waals surface area contributed by atoms with Crippen LogP contribution in [0.15, 0.2) is 24.3 Å². The van der Waals surface area contributed by atoms with E-state index in [9.17, 15) is 4.79 Å². The van der Waals surface area contributed by atoms with Crippen molar-refractivity contribution in [3.05, 3.63) is 24.3 Å². The summed E-state index contributed by atoms with van der Waals surface area (Å²) in [5, 5.41) is 3.41. The van der Waals surface area contributed by atoms with Crippen LogP contribution in [0.4, 0.5) is 0 Å². The van der Waals surface area contributed by atoms with Crippen LogP contribution in [0.5, 0.6) is 11.5 Å². The Morgan fingerprint density at radius 1 is 1.29 bits per heavy atom. The van der Waals surface area contributed by atoms with Crippen molar-refractivity contribution in [2.24, 2.45) is 5.41 Å². The van der Waals surface area contributed by atoms with Gasteiger partial charge in [0.2, 0.25) is 6.10 Å². The third kappa shape index (κ3) is 2.25. The predicted octanol–water partition coefficient (Wildman–Crippen LogP) is 1.04. The van der Waals surface area contributed by atoms with E-state index in [1.807, 2.05) is 29.2 Å². The first-order chi connectivity index (χ1) is 10.3.